The Morgan fingerprint density at radius 2 is 1.96 bits per heavy atom. The SMILES string of the molecule is Cc1nn(C)c(C)c1C(=O)NC(C)c1cccc(C(F)(F)F)c1. The van der Waals surface area contributed by atoms with Crippen LogP contribution in [0.25, 0.3) is 0 Å². The van der Waals surface area contributed by atoms with Crippen molar-refractivity contribution in [2.24, 2.45) is 7.05 Å². The molecule has 0 bridgehead atoms. The molecule has 1 amide bonds. The lowest BCUT2D eigenvalue weighted by molar-refractivity contribution is -0.137. The fourth-order valence-corrected chi connectivity index (χ4v) is 2.44. The van der Waals surface area contributed by atoms with Crippen molar-refractivity contribution in [2.75, 3.05) is 0 Å². The van der Waals surface area contributed by atoms with Crippen LogP contribution in [0.4, 0.5) is 13.2 Å². The maximum Gasteiger partial charge on any atom is 0.416 e. The second-order valence-electron chi connectivity index (χ2n) is 5.49. The van der Waals surface area contributed by atoms with E-state index in [1.54, 1.807) is 38.6 Å². The van der Waals surface area contributed by atoms with E-state index in [2.05, 4.69) is 10.4 Å². The van der Waals surface area contributed by atoms with Crippen LogP contribution in [0.2, 0.25) is 0 Å². The van der Waals surface area contributed by atoms with Gasteiger partial charge in [0.1, 0.15) is 0 Å². The minimum absolute atomic E-state index is 0.349. The molecule has 4 nitrogen and oxygen atoms in total. The lowest BCUT2D eigenvalue weighted by Gasteiger charge is -2.16. The molecule has 1 heterocycles. The van der Waals surface area contributed by atoms with Crippen LogP contribution in [0.3, 0.4) is 0 Å². The molecule has 1 unspecified atom stereocenters. The maximum atomic E-state index is 12.8. The second kappa shape index (κ2) is 6.06. The van der Waals surface area contributed by atoms with E-state index in [4.69, 9.17) is 0 Å². The van der Waals surface area contributed by atoms with Gasteiger partial charge in [-0.05, 0) is 38.5 Å². The summed E-state index contributed by atoms with van der Waals surface area (Å²) in [5.41, 5.74) is 1.40. The lowest BCUT2D eigenvalue weighted by Crippen LogP contribution is -2.27. The van der Waals surface area contributed by atoms with Gasteiger partial charge in [-0.2, -0.15) is 18.3 Å². The van der Waals surface area contributed by atoms with Gasteiger partial charge in [0.2, 0.25) is 0 Å². The average Bonchev–Trinajstić information content (AvgIpc) is 2.71. The number of rotatable bonds is 3. The zero-order valence-corrected chi connectivity index (χ0v) is 13.3. The first kappa shape index (κ1) is 17.1. The molecule has 0 aliphatic rings. The molecule has 7 heteroatoms. The third-order valence-corrected chi connectivity index (χ3v) is 3.80. The van der Waals surface area contributed by atoms with Crippen molar-refractivity contribution in [1.82, 2.24) is 15.1 Å². The Hall–Kier alpha value is -2.31. The van der Waals surface area contributed by atoms with Crippen molar-refractivity contribution in [3.8, 4) is 0 Å². The number of nitrogens with zero attached hydrogens (tertiary/aromatic N) is 2. The number of hydrogen-bond donors (Lipinski definition) is 1. The van der Waals surface area contributed by atoms with Crippen LogP contribution < -0.4 is 5.32 Å². The summed E-state index contributed by atoms with van der Waals surface area (Å²) in [6, 6.07) is 4.40. The lowest BCUT2D eigenvalue weighted by atomic mass is 10.0. The predicted octanol–water partition coefficient (Wildman–Crippen LogP) is 3.55. The van der Waals surface area contributed by atoms with Gasteiger partial charge in [-0.1, -0.05) is 12.1 Å². The summed E-state index contributed by atoms with van der Waals surface area (Å²) in [4.78, 5) is 12.4. The largest absolute Gasteiger partial charge is 0.416 e. The smallest absolute Gasteiger partial charge is 0.345 e. The van der Waals surface area contributed by atoms with Crippen LogP contribution in [0.1, 0.15) is 45.8 Å². The number of halogens is 3. The number of carbonyl (C=O) groups excluding carboxylic acids is 1. The molecule has 2 aromatic rings. The Bertz CT molecular complexity index is 735. The van der Waals surface area contributed by atoms with Gasteiger partial charge in [0.05, 0.1) is 22.9 Å². The van der Waals surface area contributed by atoms with Crippen LogP contribution in [0, 0.1) is 13.8 Å². The minimum Gasteiger partial charge on any atom is -0.345 e. The number of nitrogens with one attached hydrogen (secondary N) is 1. The predicted molar refractivity (Wildman–Crippen MR) is 80.0 cm³/mol. The Morgan fingerprint density at radius 3 is 2.48 bits per heavy atom. The molecule has 0 aliphatic carbocycles. The van der Waals surface area contributed by atoms with Crippen molar-refractivity contribution < 1.29 is 18.0 Å². The number of carbonyl (C=O) groups is 1. The summed E-state index contributed by atoms with van der Waals surface area (Å²) in [5.74, 6) is -0.349. The van der Waals surface area contributed by atoms with Crippen LogP contribution in [-0.4, -0.2) is 15.7 Å². The molecule has 1 atom stereocenters. The number of aromatic nitrogens is 2. The number of hydrogen-bond acceptors (Lipinski definition) is 2. The Morgan fingerprint density at radius 1 is 1.30 bits per heavy atom. The zero-order chi connectivity index (χ0) is 17.4. The summed E-state index contributed by atoms with van der Waals surface area (Å²) in [6.07, 6.45) is -4.41. The number of alkyl halides is 3. The van der Waals surface area contributed by atoms with E-state index in [0.29, 0.717) is 22.5 Å². The molecule has 1 aromatic heterocycles. The molecular weight excluding hydrogens is 307 g/mol. The first-order chi connectivity index (χ1) is 10.6. The van der Waals surface area contributed by atoms with Crippen molar-refractivity contribution >= 4 is 5.91 Å². The first-order valence-electron chi connectivity index (χ1n) is 7.09. The molecule has 1 N–H and O–H groups in total. The van der Waals surface area contributed by atoms with Crippen LogP contribution >= 0.6 is 0 Å². The highest BCUT2D eigenvalue weighted by atomic mass is 19.4. The number of benzene rings is 1. The molecule has 1 aromatic carbocycles. The molecule has 0 saturated heterocycles. The highest BCUT2D eigenvalue weighted by Gasteiger charge is 2.31. The first-order valence-corrected chi connectivity index (χ1v) is 7.09. The fourth-order valence-electron chi connectivity index (χ4n) is 2.44. The van der Waals surface area contributed by atoms with Crippen molar-refractivity contribution in [3.63, 3.8) is 0 Å². The molecule has 0 fully saturated rings. The molecule has 0 radical (unpaired) electrons. The highest BCUT2D eigenvalue weighted by Crippen LogP contribution is 2.30. The van der Waals surface area contributed by atoms with Gasteiger partial charge in [-0.15, -0.1) is 0 Å². The fraction of sp³-hybridized carbons (Fsp3) is 0.375. The van der Waals surface area contributed by atoms with E-state index in [1.165, 1.54) is 6.07 Å². The molecule has 124 valence electrons. The van der Waals surface area contributed by atoms with Crippen molar-refractivity contribution in [1.29, 1.82) is 0 Å². The van der Waals surface area contributed by atoms with Crippen LogP contribution in [-0.2, 0) is 13.2 Å². The monoisotopic (exact) mass is 325 g/mol. The van der Waals surface area contributed by atoms with Crippen molar-refractivity contribution in [3.05, 3.63) is 52.3 Å². The molecule has 2 rings (SSSR count). The number of amides is 1. The van der Waals surface area contributed by atoms with Gasteiger partial charge in [0.25, 0.3) is 5.91 Å². The van der Waals surface area contributed by atoms with Gasteiger partial charge in [-0.25, -0.2) is 0 Å². The Balaban J connectivity index is 2.22. The van der Waals surface area contributed by atoms with E-state index in [0.717, 1.165) is 12.1 Å². The normalized spacial score (nSPS) is 13.0. The maximum absolute atomic E-state index is 12.8. The minimum atomic E-state index is -4.41. The van der Waals surface area contributed by atoms with Crippen LogP contribution in [0.5, 0.6) is 0 Å². The topological polar surface area (TPSA) is 46.9 Å². The van der Waals surface area contributed by atoms with E-state index in [-0.39, 0.29) is 5.91 Å². The quantitative estimate of drug-likeness (QED) is 0.938. The third-order valence-electron chi connectivity index (χ3n) is 3.80. The molecule has 0 saturated carbocycles. The summed E-state index contributed by atoms with van der Waals surface area (Å²) in [5, 5.41) is 6.89. The molecule has 23 heavy (non-hydrogen) atoms. The Kier molecular flexibility index (Phi) is 4.49. The summed E-state index contributed by atoms with van der Waals surface area (Å²) < 4.78 is 39.9. The summed E-state index contributed by atoms with van der Waals surface area (Å²) >= 11 is 0. The van der Waals surface area contributed by atoms with E-state index < -0.39 is 17.8 Å². The van der Waals surface area contributed by atoms with Crippen molar-refractivity contribution in [2.45, 2.75) is 33.0 Å². The van der Waals surface area contributed by atoms with Gasteiger partial charge in [0, 0.05) is 12.7 Å². The second-order valence-corrected chi connectivity index (χ2v) is 5.49. The van der Waals surface area contributed by atoms with E-state index in [9.17, 15) is 18.0 Å². The summed E-state index contributed by atoms with van der Waals surface area (Å²) in [7, 11) is 1.73. The van der Waals surface area contributed by atoms with E-state index >= 15 is 0 Å². The number of aryl methyl sites for hydroxylation is 2. The average molecular weight is 325 g/mol. The van der Waals surface area contributed by atoms with Gasteiger partial charge >= 0.3 is 6.18 Å². The Labute approximate surface area is 132 Å². The molecule has 0 aliphatic heterocycles. The standard InChI is InChI=1S/C16H18F3N3O/c1-9(12-6-5-7-13(8-12)16(17,18)19)20-15(23)14-10(2)21-22(4)11(14)3/h5-9H,1-4H3,(H,20,23). The highest BCUT2D eigenvalue weighted by molar-refractivity contribution is 5.96. The van der Waals surface area contributed by atoms with Gasteiger partial charge < -0.3 is 5.32 Å². The van der Waals surface area contributed by atoms with Gasteiger partial charge in [0.15, 0.2) is 0 Å². The summed E-state index contributed by atoms with van der Waals surface area (Å²) in [6.45, 7) is 5.13. The third kappa shape index (κ3) is 3.55. The molecular formula is C16H18F3N3O. The van der Waals surface area contributed by atoms with Crippen LogP contribution in [0.15, 0.2) is 24.3 Å². The van der Waals surface area contributed by atoms with E-state index in [1.807, 2.05) is 0 Å². The van der Waals surface area contributed by atoms with Gasteiger partial charge in [-0.3, -0.25) is 9.48 Å². The molecule has 0 spiro atoms. The zero-order valence-electron chi connectivity index (χ0n) is 13.3.